The summed E-state index contributed by atoms with van der Waals surface area (Å²) in [6.45, 7) is 7.10. The second kappa shape index (κ2) is 6.80. The Bertz CT molecular complexity index is 431. The van der Waals surface area contributed by atoms with Crippen LogP contribution in [0, 0.1) is 12.8 Å². The maximum atomic E-state index is 11.6. The Morgan fingerprint density at radius 3 is 2.89 bits per heavy atom. The van der Waals surface area contributed by atoms with E-state index in [1.54, 1.807) is 0 Å². The lowest BCUT2D eigenvalue weighted by atomic mass is 10.0. The Labute approximate surface area is 116 Å². The zero-order chi connectivity index (χ0) is 13.7. The first-order valence-electron chi connectivity index (χ1n) is 7.36. The molecule has 0 aliphatic heterocycles. The first-order valence-corrected chi connectivity index (χ1v) is 7.36. The molecule has 0 saturated heterocycles. The molecule has 0 bridgehead atoms. The van der Waals surface area contributed by atoms with Crippen molar-refractivity contribution in [1.29, 1.82) is 0 Å². The molecular weight excluding hydrogens is 236 g/mol. The molecule has 19 heavy (non-hydrogen) atoms. The first-order chi connectivity index (χ1) is 9.19. The second-order valence-electron chi connectivity index (χ2n) is 5.48. The van der Waals surface area contributed by atoms with Gasteiger partial charge in [0.15, 0.2) is 0 Å². The highest BCUT2D eigenvalue weighted by molar-refractivity contribution is 5.82. The summed E-state index contributed by atoms with van der Waals surface area (Å²) in [7, 11) is 0. The normalized spacial score (nSPS) is 19.3. The van der Waals surface area contributed by atoms with E-state index >= 15 is 0 Å². The molecule has 3 heteroatoms. The van der Waals surface area contributed by atoms with Gasteiger partial charge in [-0.3, -0.25) is 14.7 Å². The van der Waals surface area contributed by atoms with Crippen LogP contribution in [0.1, 0.15) is 44.0 Å². The average Bonchev–Trinajstić information content (AvgIpc) is 2.80. The van der Waals surface area contributed by atoms with Crippen molar-refractivity contribution < 1.29 is 4.79 Å². The lowest BCUT2D eigenvalue weighted by molar-refractivity contribution is -0.120. The molecule has 2 rings (SSSR count). The molecule has 1 fully saturated rings. The minimum Gasteiger partial charge on any atom is -0.299 e. The highest BCUT2D eigenvalue weighted by atomic mass is 16.1. The fraction of sp³-hybridized carbons (Fsp3) is 0.625. The minimum absolute atomic E-state index is 0.319. The molecule has 0 amide bonds. The molecule has 0 radical (unpaired) electrons. The fourth-order valence-corrected chi connectivity index (χ4v) is 2.80. The quantitative estimate of drug-likeness (QED) is 0.788. The van der Waals surface area contributed by atoms with E-state index in [1.807, 2.05) is 13.0 Å². The third kappa shape index (κ3) is 4.13. The molecule has 1 aromatic heterocycles. The number of hydrogen-bond donors (Lipinski definition) is 0. The van der Waals surface area contributed by atoms with Crippen molar-refractivity contribution in [3.8, 4) is 0 Å². The molecule has 1 heterocycles. The van der Waals surface area contributed by atoms with Crippen LogP contribution in [-0.2, 0) is 11.3 Å². The van der Waals surface area contributed by atoms with E-state index in [4.69, 9.17) is 0 Å². The number of nitrogens with zero attached hydrogens (tertiary/aromatic N) is 2. The van der Waals surface area contributed by atoms with Gasteiger partial charge in [-0.15, -0.1) is 0 Å². The van der Waals surface area contributed by atoms with Gasteiger partial charge in [0.1, 0.15) is 5.78 Å². The van der Waals surface area contributed by atoms with Crippen LogP contribution >= 0.6 is 0 Å². The number of rotatable bonds is 6. The topological polar surface area (TPSA) is 33.2 Å². The van der Waals surface area contributed by atoms with Gasteiger partial charge in [-0.1, -0.05) is 13.0 Å². The smallest absolute Gasteiger partial charge is 0.136 e. The summed E-state index contributed by atoms with van der Waals surface area (Å²) in [5, 5.41) is 0. The van der Waals surface area contributed by atoms with Gasteiger partial charge in [-0.25, -0.2) is 0 Å². The summed E-state index contributed by atoms with van der Waals surface area (Å²) in [6.07, 6.45) is 4.00. The van der Waals surface area contributed by atoms with Gasteiger partial charge in [0.2, 0.25) is 0 Å². The third-order valence-electron chi connectivity index (χ3n) is 4.00. The zero-order valence-electron chi connectivity index (χ0n) is 12.1. The predicted octanol–water partition coefficient (Wildman–Crippen LogP) is 2.97. The number of aromatic nitrogens is 1. The number of hydrogen-bond acceptors (Lipinski definition) is 3. The van der Waals surface area contributed by atoms with E-state index in [0.29, 0.717) is 11.7 Å². The minimum atomic E-state index is 0.319. The van der Waals surface area contributed by atoms with Crippen molar-refractivity contribution in [3.05, 3.63) is 29.6 Å². The van der Waals surface area contributed by atoms with Crippen LogP contribution in [0.2, 0.25) is 0 Å². The van der Waals surface area contributed by atoms with Crippen molar-refractivity contribution in [2.24, 2.45) is 5.92 Å². The number of Topliss-reactive ketones (excluding diaryl/α,β-unsaturated/α-hetero) is 1. The van der Waals surface area contributed by atoms with E-state index in [2.05, 4.69) is 28.9 Å². The largest absolute Gasteiger partial charge is 0.299 e. The maximum Gasteiger partial charge on any atom is 0.136 e. The van der Waals surface area contributed by atoms with E-state index in [0.717, 1.165) is 56.7 Å². The SMILES string of the molecule is CCN(CCC1CCCC1=O)Cc1cccc(C)n1. The molecule has 1 saturated carbocycles. The molecule has 1 aliphatic carbocycles. The van der Waals surface area contributed by atoms with Gasteiger partial charge in [-0.2, -0.15) is 0 Å². The van der Waals surface area contributed by atoms with Crippen molar-refractivity contribution in [3.63, 3.8) is 0 Å². The first kappa shape index (κ1) is 14.2. The Morgan fingerprint density at radius 2 is 2.26 bits per heavy atom. The predicted molar refractivity (Wildman–Crippen MR) is 76.9 cm³/mol. The average molecular weight is 260 g/mol. The third-order valence-corrected chi connectivity index (χ3v) is 4.00. The summed E-state index contributed by atoms with van der Waals surface area (Å²) >= 11 is 0. The van der Waals surface area contributed by atoms with Gasteiger partial charge < -0.3 is 0 Å². The number of pyridine rings is 1. The Kier molecular flexibility index (Phi) is 5.08. The van der Waals surface area contributed by atoms with Crippen LogP contribution in [0.25, 0.3) is 0 Å². The fourth-order valence-electron chi connectivity index (χ4n) is 2.80. The van der Waals surface area contributed by atoms with Gasteiger partial charge in [0.25, 0.3) is 0 Å². The van der Waals surface area contributed by atoms with Gasteiger partial charge in [0.05, 0.1) is 5.69 Å². The molecule has 0 N–H and O–H groups in total. The molecule has 0 spiro atoms. The number of carbonyl (C=O) groups is 1. The second-order valence-corrected chi connectivity index (χ2v) is 5.48. The molecule has 104 valence electrons. The lowest BCUT2D eigenvalue weighted by Crippen LogP contribution is -2.27. The molecule has 1 aromatic rings. The van der Waals surface area contributed by atoms with E-state index in [-0.39, 0.29) is 0 Å². The number of carbonyl (C=O) groups excluding carboxylic acids is 1. The van der Waals surface area contributed by atoms with Crippen LogP contribution in [0.15, 0.2) is 18.2 Å². The highest BCUT2D eigenvalue weighted by Gasteiger charge is 2.24. The molecule has 3 nitrogen and oxygen atoms in total. The Morgan fingerprint density at radius 1 is 1.42 bits per heavy atom. The molecule has 1 aliphatic rings. The standard InChI is InChI=1S/C16H24N2O/c1-3-18(11-10-14-7-5-9-16(14)19)12-15-8-4-6-13(2)17-15/h4,6,8,14H,3,5,7,9-12H2,1-2H3. The maximum absolute atomic E-state index is 11.6. The van der Waals surface area contributed by atoms with Gasteiger partial charge >= 0.3 is 0 Å². The number of ketones is 1. The van der Waals surface area contributed by atoms with Crippen LogP contribution in [0.5, 0.6) is 0 Å². The molecule has 0 aromatic carbocycles. The summed E-state index contributed by atoms with van der Waals surface area (Å²) < 4.78 is 0. The molecule has 1 unspecified atom stereocenters. The van der Waals surface area contributed by atoms with Crippen molar-refractivity contribution in [1.82, 2.24) is 9.88 Å². The Balaban J connectivity index is 1.84. The van der Waals surface area contributed by atoms with Crippen molar-refractivity contribution >= 4 is 5.78 Å². The van der Waals surface area contributed by atoms with Crippen LogP contribution in [0.3, 0.4) is 0 Å². The van der Waals surface area contributed by atoms with E-state index < -0.39 is 0 Å². The van der Waals surface area contributed by atoms with Crippen molar-refractivity contribution in [2.45, 2.75) is 46.1 Å². The van der Waals surface area contributed by atoms with E-state index in [9.17, 15) is 4.79 Å². The monoisotopic (exact) mass is 260 g/mol. The van der Waals surface area contributed by atoms with Crippen LogP contribution < -0.4 is 0 Å². The summed E-state index contributed by atoms with van der Waals surface area (Å²) in [4.78, 5) is 18.6. The van der Waals surface area contributed by atoms with Crippen LogP contribution in [0.4, 0.5) is 0 Å². The summed E-state index contributed by atoms with van der Waals surface area (Å²) in [5.41, 5.74) is 2.19. The Hall–Kier alpha value is -1.22. The molecular formula is C16H24N2O. The van der Waals surface area contributed by atoms with Crippen molar-refractivity contribution in [2.75, 3.05) is 13.1 Å². The molecule has 1 atom stereocenters. The van der Waals surface area contributed by atoms with Gasteiger partial charge in [0, 0.05) is 24.6 Å². The lowest BCUT2D eigenvalue weighted by Gasteiger charge is -2.21. The van der Waals surface area contributed by atoms with E-state index in [1.165, 1.54) is 0 Å². The van der Waals surface area contributed by atoms with Crippen LogP contribution in [-0.4, -0.2) is 28.8 Å². The van der Waals surface area contributed by atoms with Gasteiger partial charge in [-0.05, 0) is 51.4 Å². The zero-order valence-corrected chi connectivity index (χ0v) is 12.1. The highest BCUT2D eigenvalue weighted by Crippen LogP contribution is 2.24. The summed E-state index contributed by atoms with van der Waals surface area (Å²) in [5.74, 6) is 0.796. The number of aryl methyl sites for hydroxylation is 1. The summed E-state index contributed by atoms with van der Waals surface area (Å²) in [6, 6.07) is 6.17.